The lowest BCUT2D eigenvalue weighted by Crippen LogP contribution is -2.59. The van der Waals surface area contributed by atoms with E-state index in [0.717, 1.165) is 47.1 Å². The van der Waals surface area contributed by atoms with Gasteiger partial charge in [-0.05, 0) is 38.4 Å². The van der Waals surface area contributed by atoms with Crippen molar-refractivity contribution in [1.29, 1.82) is 0 Å². The number of nitrogens with one attached hydrogen (secondary N) is 1. The smallest absolute Gasteiger partial charge is 0.324 e. The number of carbonyl (C=O) groups is 1. The topological polar surface area (TPSA) is 57.7 Å². The lowest BCUT2D eigenvalue weighted by Gasteiger charge is -2.43. The van der Waals surface area contributed by atoms with Crippen LogP contribution in [-0.4, -0.2) is 53.7 Å². The van der Waals surface area contributed by atoms with Gasteiger partial charge in [-0.25, -0.2) is 9.78 Å². The monoisotopic (exact) mass is 356 g/mol. The van der Waals surface area contributed by atoms with E-state index in [1.807, 2.05) is 11.0 Å². The average Bonchev–Trinajstić information content (AvgIpc) is 2.97. The Morgan fingerprint density at radius 2 is 2.28 bits per heavy atom. The van der Waals surface area contributed by atoms with E-state index in [-0.39, 0.29) is 23.7 Å². The maximum Gasteiger partial charge on any atom is 0.324 e. The maximum absolute atomic E-state index is 12.8. The number of likely N-dealkylation sites (tertiary alicyclic amines) is 1. The number of urea groups is 1. The molecule has 7 heteroatoms. The number of ether oxygens (including phenoxy) is 1. The molecule has 130 valence electrons. The summed E-state index contributed by atoms with van der Waals surface area (Å²) in [4.78, 5) is 22.1. The van der Waals surface area contributed by atoms with Gasteiger partial charge in [0.2, 0.25) is 0 Å². The SMILES string of the molecule is CN1CC[C@H]2NC(=O)N(c3nc4c5c(ccc4s3)OCC5)[C@@H]2C12CC2. The Balaban J connectivity index is 1.48. The van der Waals surface area contributed by atoms with Crippen molar-refractivity contribution in [2.45, 2.75) is 43.3 Å². The number of piperidine rings is 1. The van der Waals surface area contributed by atoms with Crippen molar-refractivity contribution in [3.05, 3.63) is 17.7 Å². The molecule has 2 atom stereocenters. The molecule has 6 nitrogen and oxygen atoms in total. The van der Waals surface area contributed by atoms with E-state index >= 15 is 0 Å². The molecule has 0 unspecified atom stereocenters. The summed E-state index contributed by atoms with van der Waals surface area (Å²) in [5, 5.41) is 4.05. The molecule has 2 saturated heterocycles. The van der Waals surface area contributed by atoms with Crippen molar-refractivity contribution in [2.75, 3.05) is 25.1 Å². The third kappa shape index (κ3) is 1.77. The van der Waals surface area contributed by atoms with E-state index in [1.165, 1.54) is 18.4 Å². The molecular formula is C18H20N4O2S. The molecule has 6 rings (SSSR count). The second-order valence-electron chi connectivity index (χ2n) is 7.67. The van der Waals surface area contributed by atoms with Crippen LogP contribution in [0.5, 0.6) is 5.75 Å². The fourth-order valence-corrected chi connectivity index (χ4v) is 6.04. The number of aromatic nitrogens is 1. The van der Waals surface area contributed by atoms with Gasteiger partial charge in [0.05, 0.1) is 28.9 Å². The van der Waals surface area contributed by atoms with Crippen LogP contribution in [0.3, 0.4) is 0 Å². The molecule has 1 aromatic heterocycles. The summed E-state index contributed by atoms with van der Waals surface area (Å²) in [6.45, 7) is 1.78. The zero-order valence-corrected chi connectivity index (χ0v) is 14.9. The first-order chi connectivity index (χ1) is 12.2. The van der Waals surface area contributed by atoms with Crippen molar-refractivity contribution in [3.8, 4) is 5.75 Å². The highest BCUT2D eigenvalue weighted by molar-refractivity contribution is 7.22. The lowest BCUT2D eigenvalue weighted by atomic mass is 9.90. The third-order valence-corrected chi connectivity index (χ3v) is 7.48. The summed E-state index contributed by atoms with van der Waals surface area (Å²) in [6.07, 6.45) is 4.26. The molecule has 1 aliphatic carbocycles. The highest BCUT2D eigenvalue weighted by atomic mass is 32.1. The van der Waals surface area contributed by atoms with E-state index < -0.39 is 0 Å². The molecule has 2 aromatic rings. The predicted molar refractivity (Wildman–Crippen MR) is 96.6 cm³/mol. The largest absolute Gasteiger partial charge is 0.493 e. The van der Waals surface area contributed by atoms with E-state index in [0.29, 0.717) is 0 Å². The van der Waals surface area contributed by atoms with Gasteiger partial charge in [0, 0.05) is 24.1 Å². The Hall–Kier alpha value is -1.86. The minimum atomic E-state index is 0.0172. The number of hydrogen-bond donors (Lipinski definition) is 1. The number of carbonyl (C=O) groups excluding carboxylic acids is 1. The average molecular weight is 356 g/mol. The number of benzene rings is 1. The molecular weight excluding hydrogens is 336 g/mol. The number of nitrogens with zero attached hydrogens (tertiary/aromatic N) is 3. The first-order valence-corrected chi connectivity index (χ1v) is 9.85. The molecule has 1 spiro atoms. The summed E-state index contributed by atoms with van der Waals surface area (Å²) in [6, 6.07) is 4.57. The Morgan fingerprint density at radius 1 is 1.40 bits per heavy atom. The van der Waals surface area contributed by atoms with Crippen LogP contribution in [0, 0.1) is 0 Å². The zero-order valence-electron chi connectivity index (χ0n) is 14.1. The number of hydrogen-bond acceptors (Lipinski definition) is 5. The van der Waals surface area contributed by atoms with E-state index in [4.69, 9.17) is 9.72 Å². The minimum absolute atomic E-state index is 0.0172. The Kier molecular flexibility index (Phi) is 2.66. The quantitative estimate of drug-likeness (QED) is 0.852. The summed E-state index contributed by atoms with van der Waals surface area (Å²) in [5.41, 5.74) is 2.35. The van der Waals surface area contributed by atoms with E-state index in [1.54, 1.807) is 11.3 Å². The summed E-state index contributed by atoms with van der Waals surface area (Å²) in [5.74, 6) is 0.948. The molecule has 0 radical (unpaired) electrons. The summed E-state index contributed by atoms with van der Waals surface area (Å²) >= 11 is 1.63. The number of anilines is 1. The van der Waals surface area contributed by atoms with Crippen LogP contribution >= 0.6 is 11.3 Å². The molecule has 1 N–H and O–H groups in total. The fraction of sp³-hybridized carbons (Fsp3) is 0.556. The lowest BCUT2D eigenvalue weighted by molar-refractivity contribution is 0.130. The molecule has 2 amide bonds. The highest BCUT2D eigenvalue weighted by Gasteiger charge is 2.63. The molecule has 4 aliphatic rings. The molecule has 1 saturated carbocycles. The minimum Gasteiger partial charge on any atom is -0.493 e. The first kappa shape index (κ1) is 14.3. The number of thiazole rings is 1. The molecule has 0 bridgehead atoms. The molecule has 3 fully saturated rings. The highest BCUT2D eigenvalue weighted by Crippen LogP contribution is 2.52. The van der Waals surface area contributed by atoms with Crippen molar-refractivity contribution in [2.24, 2.45) is 0 Å². The number of amides is 2. The van der Waals surface area contributed by atoms with Crippen molar-refractivity contribution >= 4 is 32.7 Å². The predicted octanol–water partition coefficient (Wildman–Crippen LogP) is 2.37. The van der Waals surface area contributed by atoms with Crippen LogP contribution in [-0.2, 0) is 6.42 Å². The zero-order chi connectivity index (χ0) is 16.8. The van der Waals surface area contributed by atoms with Crippen LogP contribution in [0.25, 0.3) is 10.2 Å². The van der Waals surface area contributed by atoms with Gasteiger partial charge in [-0.15, -0.1) is 0 Å². The van der Waals surface area contributed by atoms with E-state index in [9.17, 15) is 4.79 Å². The van der Waals surface area contributed by atoms with Gasteiger partial charge in [-0.3, -0.25) is 9.80 Å². The van der Waals surface area contributed by atoms with Crippen molar-refractivity contribution in [3.63, 3.8) is 0 Å². The summed E-state index contributed by atoms with van der Waals surface area (Å²) in [7, 11) is 2.20. The molecule has 3 aliphatic heterocycles. The Labute approximate surface area is 149 Å². The van der Waals surface area contributed by atoms with Crippen LogP contribution in [0.2, 0.25) is 0 Å². The number of rotatable bonds is 1. The maximum atomic E-state index is 12.8. The number of fused-ring (bicyclic) bond motifs is 5. The van der Waals surface area contributed by atoms with Gasteiger partial charge in [0.15, 0.2) is 5.13 Å². The number of likely N-dealkylation sites (N-methyl/N-ethyl adjacent to an activating group) is 1. The Bertz CT molecular complexity index is 906. The van der Waals surface area contributed by atoms with Crippen LogP contribution in [0.1, 0.15) is 24.8 Å². The first-order valence-electron chi connectivity index (χ1n) is 9.04. The molecule has 25 heavy (non-hydrogen) atoms. The molecule has 1 aromatic carbocycles. The van der Waals surface area contributed by atoms with Crippen LogP contribution in [0.4, 0.5) is 9.93 Å². The van der Waals surface area contributed by atoms with Crippen molar-refractivity contribution < 1.29 is 9.53 Å². The second-order valence-corrected chi connectivity index (χ2v) is 8.68. The van der Waals surface area contributed by atoms with Crippen LogP contribution < -0.4 is 15.0 Å². The summed E-state index contributed by atoms with van der Waals surface area (Å²) < 4.78 is 6.81. The Morgan fingerprint density at radius 3 is 3.12 bits per heavy atom. The third-order valence-electron chi connectivity index (χ3n) is 6.46. The van der Waals surface area contributed by atoms with Gasteiger partial charge in [0.1, 0.15) is 5.75 Å². The fourth-order valence-electron chi connectivity index (χ4n) is 5.01. The second kappa shape index (κ2) is 4.65. The van der Waals surface area contributed by atoms with Crippen molar-refractivity contribution in [1.82, 2.24) is 15.2 Å². The normalized spacial score (nSPS) is 29.6. The van der Waals surface area contributed by atoms with Gasteiger partial charge in [0.25, 0.3) is 0 Å². The van der Waals surface area contributed by atoms with Gasteiger partial charge >= 0.3 is 6.03 Å². The van der Waals surface area contributed by atoms with Crippen LogP contribution in [0.15, 0.2) is 12.1 Å². The van der Waals surface area contributed by atoms with Gasteiger partial charge in [-0.2, -0.15) is 0 Å². The molecule has 4 heterocycles. The van der Waals surface area contributed by atoms with Gasteiger partial charge < -0.3 is 10.1 Å². The van der Waals surface area contributed by atoms with E-state index in [2.05, 4.69) is 23.3 Å². The standard InChI is InChI=1S/C18H20N4O2S/c1-21-8-4-11-15(18(21)6-7-18)22(16(23)19-11)17-20-14-10-5-9-24-12(10)2-3-13(14)25-17/h2-3,11,15H,4-9H2,1H3,(H,19,23)/t11-,15+/m1/s1. The van der Waals surface area contributed by atoms with Gasteiger partial charge in [-0.1, -0.05) is 11.3 Å².